The maximum atomic E-state index is 6.01. The van der Waals surface area contributed by atoms with Crippen LogP contribution in [0.3, 0.4) is 0 Å². The molecule has 1 heterocycles. The van der Waals surface area contributed by atoms with Crippen molar-refractivity contribution < 1.29 is 0 Å². The zero-order valence-electron chi connectivity index (χ0n) is 20.5. The van der Waals surface area contributed by atoms with Crippen molar-refractivity contribution in [2.75, 3.05) is 0 Å². The van der Waals surface area contributed by atoms with E-state index in [1.807, 2.05) is 47.1 Å². The number of halogens is 2. The molecule has 0 radical (unpaired) electrons. The molecule has 5 aromatic rings. The highest BCUT2D eigenvalue weighted by Gasteiger charge is 2.15. The number of rotatable bonds is 8. The zero-order valence-corrected chi connectivity index (χ0v) is 23.4. The van der Waals surface area contributed by atoms with Crippen molar-refractivity contribution in [1.29, 1.82) is 0 Å². The third-order valence-corrected chi connectivity index (χ3v) is 8.95. The van der Waals surface area contributed by atoms with Crippen LogP contribution in [0.15, 0.2) is 134 Å². The summed E-state index contributed by atoms with van der Waals surface area (Å²) in [4.78, 5) is 4.01. The van der Waals surface area contributed by atoms with Crippen molar-refractivity contribution in [3.05, 3.63) is 156 Å². The molecule has 4 aromatic carbocycles. The van der Waals surface area contributed by atoms with Gasteiger partial charge in [0, 0.05) is 16.2 Å². The van der Waals surface area contributed by atoms with Gasteiger partial charge in [0.15, 0.2) is 0 Å². The van der Waals surface area contributed by atoms with Gasteiger partial charge in [-0.25, -0.2) is 4.98 Å². The van der Waals surface area contributed by atoms with Crippen LogP contribution in [0.1, 0.15) is 16.7 Å². The van der Waals surface area contributed by atoms with Crippen LogP contribution in [-0.2, 0) is 6.17 Å². The zero-order chi connectivity index (χ0) is 25.9. The maximum Gasteiger partial charge on any atom is 0.233 e. The van der Waals surface area contributed by atoms with Gasteiger partial charge in [0.1, 0.15) is 12.7 Å². The summed E-state index contributed by atoms with van der Waals surface area (Å²) in [5.41, 5.74) is 5.56. The molecule has 0 fully saturated rings. The molecule has 0 bridgehead atoms. The second-order valence-corrected chi connectivity index (χ2v) is 11.4. The van der Waals surface area contributed by atoms with Crippen molar-refractivity contribution in [2.45, 2.75) is 11.7 Å². The first-order chi connectivity index (χ1) is 18.1. The molecule has 0 spiro atoms. The Kier molecular flexibility index (Phi) is 9.95. The SMILES string of the molecule is C=CB(c1ccccc1)c1ccccc1.Clc1ccc(C([SiH2]Cn2cncn2)c2ccc(Cl)cc2)cc1. The van der Waals surface area contributed by atoms with Gasteiger partial charge in [-0.15, -0.1) is 12.6 Å². The molecule has 0 N–H and O–H groups in total. The Morgan fingerprint density at radius 2 is 1.24 bits per heavy atom. The average molecular weight is 540 g/mol. The first kappa shape index (κ1) is 26.7. The minimum Gasteiger partial charge on any atom is -0.257 e. The Morgan fingerprint density at radius 1 is 0.757 bits per heavy atom. The molecule has 0 unspecified atom stereocenters. The predicted molar refractivity (Wildman–Crippen MR) is 161 cm³/mol. The Bertz CT molecular complexity index is 1260. The van der Waals surface area contributed by atoms with Crippen molar-refractivity contribution >= 4 is 50.4 Å². The molecular weight excluding hydrogens is 512 g/mol. The van der Waals surface area contributed by atoms with E-state index >= 15 is 0 Å². The van der Waals surface area contributed by atoms with E-state index in [1.165, 1.54) is 22.1 Å². The van der Waals surface area contributed by atoms with Gasteiger partial charge in [0.25, 0.3) is 0 Å². The van der Waals surface area contributed by atoms with E-state index in [1.54, 1.807) is 12.7 Å². The molecule has 0 aliphatic carbocycles. The molecule has 0 atom stereocenters. The lowest BCUT2D eigenvalue weighted by Gasteiger charge is -2.18. The molecule has 0 aliphatic rings. The minimum atomic E-state index is -0.490. The maximum absolute atomic E-state index is 6.01. The minimum absolute atomic E-state index is 0.299. The molecule has 184 valence electrons. The van der Waals surface area contributed by atoms with Gasteiger partial charge in [-0.2, -0.15) is 5.10 Å². The third kappa shape index (κ3) is 7.80. The van der Waals surface area contributed by atoms with Gasteiger partial charge in [0.05, 0.1) is 9.52 Å². The van der Waals surface area contributed by atoms with Gasteiger partial charge in [-0.1, -0.05) is 119 Å². The Balaban J connectivity index is 0.000000186. The van der Waals surface area contributed by atoms with Crippen LogP contribution in [0.2, 0.25) is 10.0 Å². The van der Waals surface area contributed by atoms with E-state index in [4.69, 9.17) is 23.2 Å². The van der Waals surface area contributed by atoms with E-state index in [9.17, 15) is 0 Å². The first-order valence-corrected chi connectivity index (χ1v) is 14.8. The summed E-state index contributed by atoms with van der Waals surface area (Å²) in [6.07, 6.45) is 4.29. The van der Waals surface area contributed by atoms with Crippen LogP contribution in [0.25, 0.3) is 0 Å². The fourth-order valence-corrected chi connectivity index (χ4v) is 6.53. The Labute approximate surface area is 231 Å². The number of benzene rings is 4. The average Bonchev–Trinajstić information content (AvgIpc) is 3.47. The molecular formula is C30H28BCl2N3Si. The molecule has 1 aromatic heterocycles. The topological polar surface area (TPSA) is 30.7 Å². The van der Waals surface area contributed by atoms with Crippen molar-refractivity contribution in [3.8, 4) is 0 Å². The second-order valence-electron chi connectivity index (χ2n) is 8.64. The Hall–Kier alpha value is -3.38. The summed E-state index contributed by atoms with van der Waals surface area (Å²) in [6.45, 7) is 4.21. The molecule has 0 aliphatic heterocycles. The summed E-state index contributed by atoms with van der Waals surface area (Å²) in [7, 11) is -0.490. The van der Waals surface area contributed by atoms with Gasteiger partial charge < -0.3 is 0 Å². The highest BCUT2D eigenvalue weighted by Crippen LogP contribution is 2.26. The lowest BCUT2D eigenvalue weighted by molar-refractivity contribution is 0.730. The summed E-state index contributed by atoms with van der Waals surface area (Å²) in [6, 6.07) is 37.1. The monoisotopic (exact) mass is 539 g/mol. The van der Waals surface area contributed by atoms with Crippen LogP contribution in [0, 0.1) is 0 Å². The summed E-state index contributed by atoms with van der Waals surface area (Å²) in [5.74, 6) is 1.99. The summed E-state index contributed by atoms with van der Waals surface area (Å²) < 4.78 is 1.91. The highest BCUT2D eigenvalue weighted by molar-refractivity contribution is 6.89. The van der Waals surface area contributed by atoms with Gasteiger partial charge in [-0.3, -0.25) is 4.68 Å². The lowest BCUT2D eigenvalue weighted by atomic mass is 9.41. The van der Waals surface area contributed by atoms with Crippen LogP contribution in [-0.4, -0.2) is 31.0 Å². The second kappa shape index (κ2) is 13.8. The normalized spacial score (nSPS) is 10.8. The third-order valence-electron chi connectivity index (χ3n) is 6.21. The van der Waals surface area contributed by atoms with E-state index in [-0.39, 0.29) is 0 Å². The number of aromatic nitrogens is 3. The van der Waals surface area contributed by atoms with Gasteiger partial charge in [-0.05, 0) is 40.9 Å². The predicted octanol–water partition coefficient (Wildman–Crippen LogP) is 5.52. The smallest absolute Gasteiger partial charge is 0.233 e. The largest absolute Gasteiger partial charge is 0.257 e. The first-order valence-electron chi connectivity index (χ1n) is 12.2. The van der Waals surface area contributed by atoms with Crippen LogP contribution < -0.4 is 10.9 Å². The van der Waals surface area contributed by atoms with Crippen molar-refractivity contribution in [3.63, 3.8) is 0 Å². The van der Waals surface area contributed by atoms with Crippen molar-refractivity contribution in [1.82, 2.24) is 14.8 Å². The molecule has 0 saturated heterocycles. The van der Waals surface area contributed by atoms with E-state index in [0.29, 0.717) is 12.3 Å². The molecule has 3 nitrogen and oxygen atoms in total. The Morgan fingerprint density at radius 3 is 1.65 bits per heavy atom. The number of hydrogen-bond donors (Lipinski definition) is 0. The molecule has 5 rings (SSSR count). The molecule has 37 heavy (non-hydrogen) atoms. The van der Waals surface area contributed by atoms with Gasteiger partial charge >= 0.3 is 0 Å². The fourth-order valence-electron chi connectivity index (χ4n) is 4.31. The lowest BCUT2D eigenvalue weighted by Crippen LogP contribution is -2.40. The fraction of sp³-hybridized carbons (Fsp3) is 0.0667. The van der Waals surface area contributed by atoms with E-state index in [0.717, 1.165) is 16.2 Å². The highest BCUT2D eigenvalue weighted by atomic mass is 35.5. The van der Waals surface area contributed by atoms with Gasteiger partial charge in [0.2, 0.25) is 6.71 Å². The van der Waals surface area contributed by atoms with Crippen LogP contribution in [0.5, 0.6) is 0 Å². The molecule has 7 heteroatoms. The number of nitrogens with zero attached hydrogens (tertiary/aromatic N) is 3. The van der Waals surface area contributed by atoms with E-state index in [2.05, 4.69) is 89.5 Å². The van der Waals surface area contributed by atoms with E-state index < -0.39 is 9.52 Å². The quantitative estimate of drug-likeness (QED) is 0.243. The number of hydrogen-bond acceptors (Lipinski definition) is 2. The molecule has 0 amide bonds. The molecule has 0 saturated carbocycles. The standard InChI is InChI=1S/C16H15Cl2N3Si.C14H13B/c17-14-5-1-12(2-6-14)16(13-3-7-15(18)8-4-13)22-11-21-10-19-9-20-21;1-2-15(13-9-5-3-6-10-13)14-11-7-4-8-12-14/h1-10,16H,11,22H2;2-12H,1H2. The summed E-state index contributed by atoms with van der Waals surface area (Å²) in [5, 5.41) is 5.72. The van der Waals surface area contributed by atoms with Crippen LogP contribution in [0.4, 0.5) is 0 Å². The summed E-state index contributed by atoms with van der Waals surface area (Å²) >= 11 is 12.0. The van der Waals surface area contributed by atoms with Crippen LogP contribution >= 0.6 is 23.2 Å². The van der Waals surface area contributed by atoms with Crippen molar-refractivity contribution in [2.24, 2.45) is 0 Å².